The van der Waals surface area contributed by atoms with E-state index in [1.165, 1.54) is 0 Å². The van der Waals surface area contributed by atoms with Crippen molar-refractivity contribution in [1.82, 2.24) is 0 Å². The van der Waals surface area contributed by atoms with E-state index < -0.39 is 0 Å². The van der Waals surface area contributed by atoms with Gasteiger partial charge in [-0.05, 0) is 37.6 Å². The molecule has 0 heterocycles. The van der Waals surface area contributed by atoms with Gasteiger partial charge in [0, 0.05) is 5.33 Å². The first kappa shape index (κ1) is 11.1. The minimum atomic E-state index is 0.158. The van der Waals surface area contributed by atoms with E-state index in [1.807, 2.05) is 26.0 Å². The van der Waals surface area contributed by atoms with E-state index in [4.69, 9.17) is 10.00 Å². The molecule has 0 aliphatic carbocycles. The standard InChI is InChI=1S/C11H12BrNO/c1-8(2)14-11-4-3-9(7-13)10(5-11)6-12/h3-5,8H,6H2,1-2H3. The van der Waals surface area contributed by atoms with Crippen LogP contribution in [0.25, 0.3) is 0 Å². The zero-order valence-electron chi connectivity index (χ0n) is 8.25. The van der Waals surface area contributed by atoms with Gasteiger partial charge in [0.1, 0.15) is 5.75 Å². The van der Waals surface area contributed by atoms with E-state index in [0.29, 0.717) is 10.9 Å². The highest BCUT2D eigenvalue weighted by atomic mass is 79.9. The molecule has 0 aliphatic rings. The van der Waals surface area contributed by atoms with Crippen LogP contribution in [0.1, 0.15) is 25.0 Å². The predicted molar refractivity (Wildman–Crippen MR) is 59.6 cm³/mol. The predicted octanol–water partition coefficient (Wildman–Crippen LogP) is 3.24. The highest BCUT2D eigenvalue weighted by molar-refractivity contribution is 9.08. The molecule has 0 spiro atoms. The van der Waals surface area contributed by atoms with Gasteiger partial charge in [-0.1, -0.05) is 15.9 Å². The van der Waals surface area contributed by atoms with Gasteiger partial charge < -0.3 is 4.74 Å². The number of hydrogen-bond acceptors (Lipinski definition) is 2. The van der Waals surface area contributed by atoms with Crippen LogP contribution in [0.2, 0.25) is 0 Å². The van der Waals surface area contributed by atoms with Crippen molar-refractivity contribution in [3.8, 4) is 11.8 Å². The number of benzene rings is 1. The Morgan fingerprint density at radius 3 is 2.71 bits per heavy atom. The van der Waals surface area contributed by atoms with E-state index in [9.17, 15) is 0 Å². The maximum atomic E-state index is 8.81. The Morgan fingerprint density at radius 1 is 1.50 bits per heavy atom. The fourth-order valence-electron chi connectivity index (χ4n) is 1.14. The highest BCUT2D eigenvalue weighted by Crippen LogP contribution is 2.20. The van der Waals surface area contributed by atoms with Gasteiger partial charge in [0.2, 0.25) is 0 Å². The van der Waals surface area contributed by atoms with Gasteiger partial charge in [-0.25, -0.2) is 0 Å². The van der Waals surface area contributed by atoms with Crippen molar-refractivity contribution < 1.29 is 4.74 Å². The largest absolute Gasteiger partial charge is 0.491 e. The summed E-state index contributed by atoms with van der Waals surface area (Å²) in [5, 5.41) is 9.48. The molecule has 1 aromatic rings. The van der Waals surface area contributed by atoms with Gasteiger partial charge in [0.25, 0.3) is 0 Å². The smallest absolute Gasteiger partial charge is 0.120 e. The van der Waals surface area contributed by atoms with E-state index in [2.05, 4.69) is 22.0 Å². The van der Waals surface area contributed by atoms with Crippen LogP contribution in [-0.2, 0) is 5.33 Å². The maximum Gasteiger partial charge on any atom is 0.120 e. The quantitative estimate of drug-likeness (QED) is 0.776. The molecule has 3 heteroatoms. The van der Waals surface area contributed by atoms with Crippen molar-refractivity contribution in [2.45, 2.75) is 25.3 Å². The molecule has 0 bridgehead atoms. The van der Waals surface area contributed by atoms with Crippen molar-refractivity contribution in [3.05, 3.63) is 29.3 Å². The van der Waals surface area contributed by atoms with E-state index in [-0.39, 0.29) is 6.10 Å². The zero-order valence-corrected chi connectivity index (χ0v) is 9.84. The van der Waals surface area contributed by atoms with Gasteiger partial charge >= 0.3 is 0 Å². The number of rotatable bonds is 3. The minimum absolute atomic E-state index is 0.158. The molecule has 0 aromatic heterocycles. The van der Waals surface area contributed by atoms with Gasteiger partial charge in [-0.3, -0.25) is 0 Å². The second-order valence-corrected chi connectivity index (χ2v) is 3.79. The first-order valence-electron chi connectivity index (χ1n) is 4.43. The molecule has 0 amide bonds. The van der Waals surface area contributed by atoms with Crippen molar-refractivity contribution in [1.29, 1.82) is 5.26 Å². The number of hydrogen-bond donors (Lipinski definition) is 0. The van der Waals surface area contributed by atoms with Crippen LogP contribution in [0.4, 0.5) is 0 Å². The summed E-state index contributed by atoms with van der Waals surface area (Å²) in [7, 11) is 0. The Morgan fingerprint density at radius 2 is 2.21 bits per heavy atom. The summed E-state index contributed by atoms with van der Waals surface area (Å²) in [6.45, 7) is 3.96. The molecule has 74 valence electrons. The Bertz CT molecular complexity index is 355. The SMILES string of the molecule is CC(C)Oc1ccc(C#N)c(CBr)c1. The summed E-state index contributed by atoms with van der Waals surface area (Å²) >= 11 is 3.34. The van der Waals surface area contributed by atoms with Crippen LogP contribution in [0.3, 0.4) is 0 Å². The average molecular weight is 254 g/mol. The molecule has 0 fully saturated rings. The molecule has 0 N–H and O–H groups in total. The van der Waals surface area contributed by atoms with Gasteiger partial charge in [0.05, 0.1) is 17.7 Å². The number of halogens is 1. The molecule has 0 atom stereocenters. The van der Waals surface area contributed by atoms with Crippen molar-refractivity contribution in [3.63, 3.8) is 0 Å². The number of ether oxygens (including phenoxy) is 1. The molecule has 0 aliphatic heterocycles. The molecule has 2 nitrogen and oxygen atoms in total. The second kappa shape index (κ2) is 5.02. The fourth-order valence-corrected chi connectivity index (χ4v) is 1.60. The molecule has 0 saturated carbocycles. The van der Waals surface area contributed by atoms with Crippen molar-refractivity contribution in [2.24, 2.45) is 0 Å². The number of nitriles is 1. The van der Waals surface area contributed by atoms with Crippen molar-refractivity contribution in [2.75, 3.05) is 0 Å². The molecular formula is C11H12BrNO. The van der Waals surface area contributed by atoms with Gasteiger partial charge in [-0.15, -0.1) is 0 Å². The Balaban J connectivity index is 2.97. The van der Waals surface area contributed by atoms with Gasteiger partial charge in [0.15, 0.2) is 0 Å². The topological polar surface area (TPSA) is 33.0 Å². The van der Waals surface area contributed by atoms with Crippen LogP contribution >= 0.6 is 15.9 Å². The summed E-state index contributed by atoms with van der Waals surface area (Å²) in [5.41, 5.74) is 1.66. The normalized spacial score (nSPS) is 9.93. The maximum absolute atomic E-state index is 8.81. The third kappa shape index (κ3) is 2.74. The van der Waals surface area contributed by atoms with Crippen molar-refractivity contribution >= 4 is 15.9 Å². The average Bonchev–Trinajstić information content (AvgIpc) is 2.16. The van der Waals surface area contributed by atoms with Crippen LogP contribution in [-0.4, -0.2) is 6.10 Å². The third-order valence-corrected chi connectivity index (χ3v) is 2.32. The Hall–Kier alpha value is -1.01. The van der Waals surface area contributed by atoms with E-state index in [1.54, 1.807) is 6.07 Å². The van der Waals surface area contributed by atoms with E-state index in [0.717, 1.165) is 11.3 Å². The van der Waals surface area contributed by atoms with Crippen LogP contribution in [0.15, 0.2) is 18.2 Å². The summed E-state index contributed by atoms with van der Waals surface area (Å²) in [6.07, 6.45) is 0.158. The molecule has 1 rings (SSSR count). The summed E-state index contributed by atoms with van der Waals surface area (Å²) in [4.78, 5) is 0. The van der Waals surface area contributed by atoms with Crippen LogP contribution in [0.5, 0.6) is 5.75 Å². The first-order valence-corrected chi connectivity index (χ1v) is 5.55. The number of alkyl halides is 1. The summed E-state index contributed by atoms with van der Waals surface area (Å²) in [5.74, 6) is 0.813. The second-order valence-electron chi connectivity index (χ2n) is 3.23. The molecular weight excluding hydrogens is 242 g/mol. The van der Waals surface area contributed by atoms with Crippen LogP contribution in [0, 0.1) is 11.3 Å². The van der Waals surface area contributed by atoms with Crippen LogP contribution < -0.4 is 4.74 Å². The third-order valence-electron chi connectivity index (χ3n) is 1.71. The molecule has 1 aromatic carbocycles. The summed E-state index contributed by atoms with van der Waals surface area (Å²) < 4.78 is 5.53. The Kier molecular flexibility index (Phi) is 3.97. The lowest BCUT2D eigenvalue weighted by molar-refractivity contribution is 0.242. The molecule has 0 saturated heterocycles. The molecule has 0 unspecified atom stereocenters. The minimum Gasteiger partial charge on any atom is -0.491 e. The monoisotopic (exact) mass is 253 g/mol. The zero-order chi connectivity index (χ0) is 10.6. The first-order chi connectivity index (χ1) is 6.67. The Labute approximate surface area is 92.6 Å². The highest BCUT2D eigenvalue weighted by Gasteiger charge is 2.04. The number of nitrogens with zero attached hydrogens (tertiary/aromatic N) is 1. The lowest BCUT2D eigenvalue weighted by atomic mass is 10.1. The molecule has 14 heavy (non-hydrogen) atoms. The summed E-state index contributed by atoms with van der Waals surface area (Å²) in [6, 6.07) is 7.65. The fraction of sp³-hybridized carbons (Fsp3) is 0.364. The molecule has 0 radical (unpaired) electrons. The lowest BCUT2D eigenvalue weighted by Gasteiger charge is -2.10. The lowest BCUT2D eigenvalue weighted by Crippen LogP contribution is -2.05. The van der Waals surface area contributed by atoms with Gasteiger partial charge in [-0.2, -0.15) is 5.26 Å². The van der Waals surface area contributed by atoms with E-state index >= 15 is 0 Å².